The van der Waals surface area contributed by atoms with Gasteiger partial charge < -0.3 is 20.1 Å². The number of aliphatic hydroxyl groups excluding tert-OH is 1. The molecule has 5 nitrogen and oxygen atoms in total. The van der Waals surface area contributed by atoms with Crippen molar-refractivity contribution in [2.24, 2.45) is 0 Å². The van der Waals surface area contributed by atoms with E-state index in [0.29, 0.717) is 13.1 Å². The fourth-order valence-corrected chi connectivity index (χ4v) is 2.97. The Morgan fingerprint density at radius 3 is 2.73 bits per heavy atom. The summed E-state index contributed by atoms with van der Waals surface area (Å²) in [6.45, 7) is 0.779. The first-order valence-electron chi connectivity index (χ1n) is 7.97. The maximum Gasteiger partial charge on any atom is 0.318 e. The molecule has 0 heterocycles. The lowest BCUT2D eigenvalue weighted by Crippen LogP contribution is -2.51. The highest BCUT2D eigenvalue weighted by atomic mass is 16.5. The normalized spacial score (nSPS) is 21.4. The molecule has 2 rings (SSSR count). The van der Waals surface area contributed by atoms with Crippen molar-refractivity contribution in [1.29, 1.82) is 0 Å². The molecule has 0 radical (unpaired) electrons. The van der Waals surface area contributed by atoms with Crippen LogP contribution in [0.25, 0.3) is 0 Å². The van der Waals surface area contributed by atoms with Gasteiger partial charge in [0, 0.05) is 20.2 Å². The Balaban J connectivity index is 1.96. The van der Waals surface area contributed by atoms with E-state index >= 15 is 0 Å². The average molecular weight is 306 g/mol. The SMILES string of the molecule is CO[C@H]1CCCC[C@@H]1NC(=O)N(CCO)Cc1ccccc1. The van der Waals surface area contributed by atoms with Crippen molar-refractivity contribution in [3.05, 3.63) is 35.9 Å². The van der Waals surface area contributed by atoms with Gasteiger partial charge in [-0.25, -0.2) is 4.79 Å². The molecule has 1 aromatic rings. The first-order chi connectivity index (χ1) is 10.7. The van der Waals surface area contributed by atoms with Gasteiger partial charge in [0.2, 0.25) is 0 Å². The molecule has 22 heavy (non-hydrogen) atoms. The number of nitrogens with one attached hydrogen (secondary N) is 1. The lowest BCUT2D eigenvalue weighted by atomic mass is 9.92. The number of carbonyl (C=O) groups is 1. The van der Waals surface area contributed by atoms with E-state index < -0.39 is 0 Å². The Kier molecular flexibility index (Phi) is 6.68. The first kappa shape index (κ1) is 16.8. The number of hydrogen-bond acceptors (Lipinski definition) is 3. The Labute approximate surface area is 132 Å². The van der Waals surface area contributed by atoms with Gasteiger partial charge in [0.1, 0.15) is 0 Å². The van der Waals surface area contributed by atoms with Crippen LogP contribution in [0.5, 0.6) is 0 Å². The van der Waals surface area contributed by atoms with Gasteiger partial charge in [-0.15, -0.1) is 0 Å². The van der Waals surface area contributed by atoms with Crippen LogP contribution in [0, 0.1) is 0 Å². The van der Waals surface area contributed by atoms with Gasteiger partial charge in [-0.3, -0.25) is 0 Å². The lowest BCUT2D eigenvalue weighted by Gasteiger charge is -2.33. The van der Waals surface area contributed by atoms with Gasteiger partial charge in [-0.05, 0) is 18.4 Å². The summed E-state index contributed by atoms with van der Waals surface area (Å²) in [6.07, 6.45) is 4.28. The molecule has 1 aliphatic carbocycles. The molecule has 1 aromatic carbocycles. The van der Waals surface area contributed by atoms with Crippen LogP contribution in [-0.4, -0.2) is 48.4 Å². The maximum atomic E-state index is 12.5. The molecule has 5 heteroatoms. The predicted octanol–water partition coefficient (Wildman–Crippen LogP) is 2.15. The molecule has 122 valence electrons. The monoisotopic (exact) mass is 306 g/mol. The second kappa shape index (κ2) is 8.76. The van der Waals surface area contributed by atoms with Crippen LogP contribution in [0.4, 0.5) is 4.79 Å². The van der Waals surface area contributed by atoms with E-state index in [9.17, 15) is 9.90 Å². The topological polar surface area (TPSA) is 61.8 Å². The highest BCUT2D eigenvalue weighted by Crippen LogP contribution is 2.21. The molecular formula is C17H26N2O3. The second-order valence-electron chi connectivity index (χ2n) is 5.75. The number of carbonyl (C=O) groups excluding carboxylic acids is 1. The molecule has 0 bridgehead atoms. The Morgan fingerprint density at radius 1 is 1.32 bits per heavy atom. The van der Waals surface area contributed by atoms with Crippen LogP contribution in [0.2, 0.25) is 0 Å². The number of benzene rings is 1. The fraction of sp³-hybridized carbons (Fsp3) is 0.588. The molecule has 0 spiro atoms. The van der Waals surface area contributed by atoms with E-state index in [4.69, 9.17) is 4.74 Å². The van der Waals surface area contributed by atoms with Crippen molar-refractivity contribution in [2.75, 3.05) is 20.3 Å². The molecule has 1 fully saturated rings. The summed E-state index contributed by atoms with van der Waals surface area (Å²) < 4.78 is 5.48. The molecule has 2 atom stereocenters. The number of amides is 2. The number of ether oxygens (including phenoxy) is 1. The van der Waals surface area contributed by atoms with E-state index in [0.717, 1.165) is 31.2 Å². The Bertz CT molecular complexity index is 452. The van der Waals surface area contributed by atoms with Crippen molar-refractivity contribution < 1.29 is 14.6 Å². The third-order valence-corrected chi connectivity index (χ3v) is 4.19. The second-order valence-corrected chi connectivity index (χ2v) is 5.75. The predicted molar refractivity (Wildman–Crippen MR) is 85.5 cm³/mol. The number of nitrogens with zero attached hydrogens (tertiary/aromatic N) is 1. The van der Waals surface area contributed by atoms with E-state index in [1.165, 1.54) is 0 Å². The molecule has 2 N–H and O–H groups in total. The molecule has 0 aromatic heterocycles. The molecule has 1 saturated carbocycles. The molecule has 1 aliphatic rings. The van der Waals surface area contributed by atoms with E-state index in [1.54, 1.807) is 12.0 Å². The largest absolute Gasteiger partial charge is 0.395 e. The molecule has 2 amide bonds. The first-order valence-corrected chi connectivity index (χ1v) is 7.97. The quantitative estimate of drug-likeness (QED) is 0.846. The summed E-state index contributed by atoms with van der Waals surface area (Å²) >= 11 is 0. The summed E-state index contributed by atoms with van der Waals surface area (Å²) in [6, 6.07) is 9.74. The van der Waals surface area contributed by atoms with Crippen molar-refractivity contribution in [2.45, 2.75) is 44.4 Å². The highest BCUT2D eigenvalue weighted by Gasteiger charge is 2.27. The zero-order valence-corrected chi connectivity index (χ0v) is 13.2. The number of urea groups is 1. The lowest BCUT2D eigenvalue weighted by molar-refractivity contribution is 0.0426. The smallest absolute Gasteiger partial charge is 0.318 e. The Hall–Kier alpha value is -1.59. The van der Waals surface area contributed by atoms with E-state index in [2.05, 4.69) is 5.32 Å². The average Bonchev–Trinajstić information content (AvgIpc) is 2.56. The standard InChI is InChI=1S/C17H26N2O3/c1-22-16-10-6-5-9-15(16)18-17(21)19(11-12-20)13-14-7-3-2-4-8-14/h2-4,7-8,15-16,20H,5-6,9-13H2,1H3,(H,18,21)/t15-,16-/m0/s1. The minimum absolute atomic E-state index is 0.0430. The van der Waals surface area contributed by atoms with Gasteiger partial charge in [0.25, 0.3) is 0 Å². The van der Waals surface area contributed by atoms with Crippen molar-refractivity contribution in [1.82, 2.24) is 10.2 Å². The van der Waals surface area contributed by atoms with Crippen LogP contribution in [0.3, 0.4) is 0 Å². The van der Waals surface area contributed by atoms with Crippen LogP contribution in [0.15, 0.2) is 30.3 Å². The van der Waals surface area contributed by atoms with Gasteiger partial charge >= 0.3 is 6.03 Å². The number of methoxy groups -OCH3 is 1. The summed E-state index contributed by atoms with van der Waals surface area (Å²) in [5.41, 5.74) is 1.05. The van der Waals surface area contributed by atoms with Gasteiger partial charge in [-0.2, -0.15) is 0 Å². The minimum atomic E-state index is -0.133. The van der Waals surface area contributed by atoms with Gasteiger partial charge in [0.15, 0.2) is 0 Å². The van der Waals surface area contributed by atoms with Crippen LogP contribution in [0.1, 0.15) is 31.2 Å². The van der Waals surface area contributed by atoms with Crippen LogP contribution in [-0.2, 0) is 11.3 Å². The highest BCUT2D eigenvalue weighted by molar-refractivity contribution is 5.74. The van der Waals surface area contributed by atoms with Gasteiger partial charge in [0.05, 0.1) is 18.8 Å². The molecular weight excluding hydrogens is 280 g/mol. The zero-order chi connectivity index (χ0) is 15.8. The summed E-state index contributed by atoms with van der Waals surface area (Å²) in [5.74, 6) is 0. The summed E-state index contributed by atoms with van der Waals surface area (Å²) in [7, 11) is 1.70. The van der Waals surface area contributed by atoms with Gasteiger partial charge in [-0.1, -0.05) is 43.2 Å². The third-order valence-electron chi connectivity index (χ3n) is 4.19. The summed E-state index contributed by atoms with van der Waals surface area (Å²) in [5, 5.41) is 12.3. The molecule has 0 aliphatic heterocycles. The molecule has 0 saturated heterocycles. The van der Waals surface area contributed by atoms with E-state index in [1.807, 2.05) is 30.3 Å². The molecule has 0 unspecified atom stereocenters. The van der Waals surface area contributed by atoms with Crippen molar-refractivity contribution in [3.8, 4) is 0 Å². The van der Waals surface area contributed by atoms with Crippen LogP contribution < -0.4 is 5.32 Å². The third kappa shape index (κ3) is 4.71. The van der Waals surface area contributed by atoms with E-state index in [-0.39, 0.29) is 24.8 Å². The zero-order valence-electron chi connectivity index (χ0n) is 13.2. The number of aliphatic hydroxyl groups is 1. The maximum absolute atomic E-state index is 12.5. The van der Waals surface area contributed by atoms with Crippen molar-refractivity contribution >= 4 is 6.03 Å². The Morgan fingerprint density at radius 2 is 2.05 bits per heavy atom. The number of rotatable bonds is 6. The summed E-state index contributed by atoms with van der Waals surface area (Å²) in [4.78, 5) is 14.2. The van der Waals surface area contributed by atoms with Crippen LogP contribution >= 0.6 is 0 Å². The van der Waals surface area contributed by atoms with Crippen molar-refractivity contribution in [3.63, 3.8) is 0 Å². The number of hydrogen-bond donors (Lipinski definition) is 2. The minimum Gasteiger partial charge on any atom is -0.395 e. The fourth-order valence-electron chi connectivity index (χ4n) is 2.97.